The lowest BCUT2D eigenvalue weighted by atomic mass is 9.99. The first kappa shape index (κ1) is 14.3. The minimum absolute atomic E-state index is 0.111. The van der Waals surface area contributed by atoms with Gasteiger partial charge in [-0.3, -0.25) is 14.6 Å². The molecule has 2 amide bonds. The number of nitrogens with zero attached hydrogens (tertiary/aromatic N) is 2. The second-order valence-corrected chi connectivity index (χ2v) is 5.30. The first-order valence-corrected chi connectivity index (χ1v) is 7.23. The second-order valence-electron chi connectivity index (χ2n) is 5.30. The van der Waals surface area contributed by atoms with Crippen LogP contribution in [0.15, 0.2) is 42.6 Å². The minimum Gasteiger partial charge on any atom is -0.346 e. The van der Waals surface area contributed by atoms with Crippen molar-refractivity contribution >= 4 is 17.5 Å². The molecule has 2 heterocycles. The van der Waals surface area contributed by atoms with Gasteiger partial charge in [-0.2, -0.15) is 0 Å². The van der Waals surface area contributed by atoms with Gasteiger partial charge in [0.05, 0.1) is 12.2 Å². The minimum atomic E-state index is -0.131. The van der Waals surface area contributed by atoms with Gasteiger partial charge < -0.3 is 10.2 Å². The Labute approximate surface area is 129 Å². The highest BCUT2D eigenvalue weighted by molar-refractivity contribution is 5.98. The van der Waals surface area contributed by atoms with Crippen molar-refractivity contribution in [1.29, 1.82) is 0 Å². The van der Waals surface area contributed by atoms with Gasteiger partial charge in [-0.05, 0) is 42.3 Å². The van der Waals surface area contributed by atoms with E-state index in [1.165, 1.54) is 0 Å². The number of carbonyl (C=O) groups is 2. The highest BCUT2D eigenvalue weighted by Gasteiger charge is 2.21. The van der Waals surface area contributed by atoms with Gasteiger partial charge in [-0.25, -0.2) is 0 Å². The molecule has 0 atom stereocenters. The summed E-state index contributed by atoms with van der Waals surface area (Å²) in [5.41, 5.74) is 3.35. The van der Waals surface area contributed by atoms with Gasteiger partial charge in [-0.15, -0.1) is 0 Å². The molecule has 1 aliphatic heterocycles. The van der Waals surface area contributed by atoms with Crippen LogP contribution in [-0.4, -0.2) is 23.8 Å². The molecule has 0 fully saturated rings. The van der Waals surface area contributed by atoms with Crippen LogP contribution >= 0.6 is 0 Å². The highest BCUT2D eigenvalue weighted by atomic mass is 16.2. The summed E-state index contributed by atoms with van der Waals surface area (Å²) in [7, 11) is 1.77. The van der Waals surface area contributed by atoms with Crippen molar-refractivity contribution in [3.63, 3.8) is 0 Å². The van der Waals surface area contributed by atoms with Gasteiger partial charge in [0.25, 0.3) is 5.91 Å². The molecule has 0 saturated carbocycles. The Morgan fingerprint density at radius 1 is 1.27 bits per heavy atom. The van der Waals surface area contributed by atoms with E-state index >= 15 is 0 Å². The summed E-state index contributed by atoms with van der Waals surface area (Å²) < 4.78 is 0. The maximum Gasteiger partial charge on any atom is 0.251 e. The molecule has 0 bridgehead atoms. The van der Waals surface area contributed by atoms with Crippen molar-refractivity contribution in [3.05, 3.63) is 59.4 Å². The molecule has 22 heavy (non-hydrogen) atoms. The molecule has 1 aromatic carbocycles. The van der Waals surface area contributed by atoms with Crippen LogP contribution in [0.25, 0.3) is 0 Å². The van der Waals surface area contributed by atoms with Crippen molar-refractivity contribution in [2.45, 2.75) is 19.4 Å². The number of amides is 2. The molecule has 1 aliphatic rings. The summed E-state index contributed by atoms with van der Waals surface area (Å²) in [6.07, 6.45) is 2.87. The number of aryl methyl sites for hydroxylation is 1. The normalized spacial score (nSPS) is 13.7. The number of anilines is 1. The lowest BCUT2D eigenvalue weighted by Crippen LogP contribution is -2.31. The Morgan fingerprint density at radius 2 is 2.14 bits per heavy atom. The fourth-order valence-corrected chi connectivity index (χ4v) is 2.57. The van der Waals surface area contributed by atoms with E-state index in [1.807, 2.05) is 30.3 Å². The smallest absolute Gasteiger partial charge is 0.251 e. The van der Waals surface area contributed by atoms with Gasteiger partial charge in [-0.1, -0.05) is 6.07 Å². The predicted octanol–water partition coefficient (Wildman–Crippen LogP) is 1.92. The number of fused-ring (bicyclic) bond motifs is 1. The van der Waals surface area contributed by atoms with E-state index in [1.54, 1.807) is 24.2 Å². The first-order chi connectivity index (χ1) is 10.6. The summed E-state index contributed by atoms with van der Waals surface area (Å²) in [5, 5.41) is 2.86. The van der Waals surface area contributed by atoms with Crippen LogP contribution in [0, 0.1) is 0 Å². The van der Waals surface area contributed by atoms with Crippen molar-refractivity contribution in [2.75, 3.05) is 11.9 Å². The van der Waals surface area contributed by atoms with Crippen LogP contribution in [0.2, 0.25) is 0 Å². The standard InChI is InChI=1S/C17H17N3O2/c1-20-15-7-5-13(10-12(15)6-8-16(20)21)17(22)19-11-14-4-2-3-9-18-14/h2-5,7,9-10H,6,8,11H2,1H3,(H,19,22). The van der Waals surface area contributed by atoms with Crippen molar-refractivity contribution in [3.8, 4) is 0 Å². The number of hydrogen-bond acceptors (Lipinski definition) is 3. The molecule has 112 valence electrons. The number of rotatable bonds is 3. The molecule has 2 aromatic rings. The van der Waals surface area contributed by atoms with Gasteiger partial charge in [0.1, 0.15) is 0 Å². The van der Waals surface area contributed by atoms with E-state index in [9.17, 15) is 9.59 Å². The third kappa shape index (κ3) is 2.83. The van der Waals surface area contributed by atoms with Crippen LogP contribution < -0.4 is 10.2 Å². The zero-order chi connectivity index (χ0) is 15.5. The van der Waals surface area contributed by atoms with Crippen LogP contribution in [0.4, 0.5) is 5.69 Å². The summed E-state index contributed by atoms with van der Waals surface area (Å²) in [6.45, 7) is 0.398. The Balaban J connectivity index is 1.73. The molecule has 3 rings (SSSR count). The van der Waals surface area contributed by atoms with Crippen molar-refractivity contribution < 1.29 is 9.59 Å². The largest absolute Gasteiger partial charge is 0.346 e. The number of aromatic nitrogens is 1. The van der Waals surface area contributed by atoms with Gasteiger partial charge >= 0.3 is 0 Å². The monoisotopic (exact) mass is 295 g/mol. The maximum absolute atomic E-state index is 12.2. The quantitative estimate of drug-likeness (QED) is 0.941. The predicted molar refractivity (Wildman–Crippen MR) is 83.6 cm³/mol. The summed E-state index contributed by atoms with van der Waals surface area (Å²) in [4.78, 5) is 29.7. The number of nitrogens with one attached hydrogen (secondary N) is 1. The average Bonchev–Trinajstić information content (AvgIpc) is 2.56. The van der Waals surface area contributed by atoms with E-state index < -0.39 is 0 Å². The topological polar surface area (TPSA) is 62.3 Å². The van der Waals surface area contributed by atoms with Crippen molar-refractivity contribution in [2.24, 2.45) is 0 Å². The summed E-state index contributed by atoms with van der Waals surface area (Å²) in [6, 6.07) is 11.1. The molecule has 1 aromatic heterocycles. The van der Waals surface area contributed by atoms with Crippen LogP contribution in [0.1, 0.15) is 28.0 Å². The van der Waals surface area contributed by atoms with Crippen molar-refractivity contribution in [1.82, 2.24) is 10.3 Å². The number of hydrogen-bond donors (Lipinski definition) is 1. The molecular weight excluding hydrogens is 278 g/mol. The van der Waals surface area contributed by atoms with E-state index in [-0.39, 0.29) is 11.8 Å². The van der Waals surface area contributed by atoms with Crippen LogP contribution in [0.5, 0.6) is 0 Å². The Hall–Kier alpha value is -2.69. The summed E-state index contributed by atoms with van der Waals surface area (Å²) in [5.74, 6) is -0.0205. The van der Waals surface area contributed by atoms with E-state index in [0.717, 1.165) is 16.9 Å². The molecule has 1 N–H and O–H groups in total. The fourth-order valence-electron chi connectivity index (χ4n) is 2.57. The zero-order valence-electron chi connectivity index (χ0n) is 12.4. The number of benzene rings is 1. The molecule has 0 spiro atoms. The van der Waals surface area contributed by atoms with Crippen LogP contribution in [0.3, 0.4) is 0 Å². The van der Waals surface area contributed by atoms with Crippen LogP contribution in [-0.2, 0) is 17.8 Å². The number of pyridine rings is 1. The molecule has 5 nitrogen and oxygen atoms in total. The average molecular weight is 295 g/mol. The third-order valence-electron chi connectivity index (χ3n) is 3.84. The van der Waals surface area contributed by atoms with Gasteiger partial charge in [0.15, 0.2) is 0 Å². The molecule has 0 aliphatic carbocycles. The SMILES string of the molecule is CN1C(=O)CCc2cc(C(=O)NCc3ccccn3)ccc21. The summed E-state index contributed by atoms with van der Waals surface area (Å²) >= 11 is 0. The fraction of sp³-hybridized carbons (Fsp3) is 0.235. The Bertz CT molecular complexity index is 713. The molecule has 0 radical (unpaired) electrons. The first-order valence-electron chi connectivity index (χ1n) is 7.23. The zero-order valence-corrected chi connectivity index (χ0v) is 12.4. The molecule has 0 unspecified atom stereocenters. The second kappa shape index (κ2) is 5.97. The molecule has 0 saturated heterocycles. The highest BCUT2D eigenvalue weighted by Crippen LogP contribution is 2.27. The van der Waals surface area contributed by atoms with E-state index in [2.05, 4.69) is 10.3 Å². The van der Waals surface area contributed by atoms with Gasteiger partial charge in [0, 0.05) is 30.9 Å². The van der Waals surface area contributed by atoms with E-state index in [0.29, 0.717) is 24.9 Å². The number of carbonyl (C=O) groups excluding carboxylic acids is 2. The molecule has 5 heteroatoms. The molecular formula is C17H17N3O2. The Kier molecular flexibility index (Phi) is 3.87. The maximum atomic E-state index is 12.2. The van der Waals surface area contributed by atoms with E-state index in [4.69, 9.17) is 0 Å². The Morgan fingerprint density at radius 3 is 2.91 bits per heavy atom. The third-order valence-corrected chi connectivity index (χ3v) is 3.84. The lowest BCUT2D eigenvalue weighted by Gasteiger charge is -2.26. The van der Waals surface area contributed by atoms with Gasteiger partial charge in [0.2, 0.25) is 5.91 Å². The lowest BCUT2D eigenvalue weighted by molar-refractivity contribution is -0.118.